The molecule has 2 aliphatic rings. The largest absolute Gasteiger partial charge is 0.311 e. The molecular weight excluding hydrogens is 506 g/mol. The van der Waals surface area contributed by atoms with E-state index in [1.807, 2.05) is 0 Å². The van der Waals surface area contributed by atoms with E-state index < -0.39 is 0 Å². The van der Waals surface area contributed by atoms with E-state index >= 15 is 0 Å². The minimum absolute atomic E-state index is 0.750. The van der Waals surface area contributed by atoms with Crippen LogP contribution in [0.5, 0.6) is 0 Å². The molecule has 2 bridgehead atoms. The highest BCUT2D eigenvalue weighted by atomic mass is 15.1. The third-order valence-electron chi connectivity index (χ3n) is 9.68. The van der Waals surface area contributed by atoms with E-state index in [4.69, 9.17) is 0 Å². The van der Waals surface area contributed by atoms with Gasteiger partial charge in [0.2, 0.25) is 0 Å². The van der Waals surface area contributed by atoms with Crippen molar-refractivity contribution < 1.29 is 0 Å². The topological polar surface area (TPSA) is 3.24 Å². The van der Waals surface area contributed by atoms with Crippen LogP contribution in [0.15, 0.2) is 109 Å². The predicted molar refractivity (Wildman–Crippen MR) is 179 cm³/mol. The quantitative estimate of drug-likeness (QED) is 0.204. The van der Waals surface area contributed by atoms with Crippen molar-refractivity contribution in [2.75, 3.05) is 4.90 Å². The summed E-state index contributed by atoms with van der Waals surface area (Å²) in [6, 6.07) is 41.2. The Morgan fingerprint density at radius 2 is 0.881 bits per heavy atom. The first-order valence-electron chi connectivity index (χ1n) is 15.7. The Kier molecular flexibility index (Phi) is 6.98. The average molecular weight is 548 g/mol. The standard InChI is InChI=1S/C41H41N/c1-27-19-28(2)22-36(21-27)32-7-13-38(14-8-32)42(39-15-9-33(10-16-39)37-23-29(3)20-30(4)24-37)40-17-11-34(12-18-40)41-26-31-5-6-35(41)25-31/h7-24,31,35,41H,5-6,25-26H2,1-4H3. The van der Waals surface area contributed by atoms with Gasteiger partial charge in [0.1, 0.15) is 0 Å². The minimum atomic E-state index is 0.750. The van der Waals surface area contributed by atoms with Crippen LogP contribution in [0.1, 0.15) is 59.4 Å². The number of rotatable bonds is 6. The van der Waals surface area contributed by atoms with Gasteiger partial charge >= 0.3 is 0 Å². The van der Waals surface area contributed by atoms with Gasteiger partial charge in [0.15, 0.2) is 0 Å². The molecule has 2 saturated carbocycles. The fraction of sp³-hybridized carbons (Fsp3) is 0.268. The normalized spacial score (nSPS) is 19.3. The highest BCUT2D eigenvalue weighted by Crippen LogP contribution is 2.53. The van der Waals surface area contributed by atoms with Gasteiger partial charge in [0.25, 0.3) is 0 Å². The van der Waals surface area contributed by atoms with Gasteiger partial charge in [-0.15, -0.1) is 0 Å². The van der Waals surface area contributed by atoms with Gasteiger partial charge in [-0.05, 0) is 129 Å². The van der Waals surface area contributed by atoms with Crippen molar-refractivity contribution in [3.63, 3.8) is 0 Å². The summed E-state index contributed by atoms with van der Waals surface area (Å²) in [5.74, 6) is 2.61. The fourth-order valence-electron chi connectivity index (χ4n) is 7.86. The van der Waals surface area contributed by atoms with Crippen molar-refractivity contribution in [3.05, 3.63) is 137 Å². The molecule has 3 unspecified atom stereocenters. The third kappa shape index (κ3) is 5.29. The van der Waals surface area contributed by atoms with Crippen molar-refractivity contribution in [2.45, 2.75) is 59.3 Å². The molecule has 5 aromatic rings. The van der Waals surface area contributed by atoms with Crippen molar-refractivity contribution >= 4 is 17.1 Å². The Labute approximate surface area is 251 Å². The van der Waals surface area contributed by atoms with Crippen LogP contribution in [-0.2, 0) is 0 Å². The molecule has 3 atom stereocenters. The summed E-state index contributed by atoms with van der Waals surface area (Å²) < 4.78 is 0. The lowest BCUT2D eigenvalue weighted by Gasteiger charge is -2.27. The van der Waals surface area contributed by atoms with E-state index in [1.165, 1.54) is 92.8 Å². The maximum atomic E-state index is 2.40. The average Bonchev–Trinajstić information content (AvgIpc) is 3.62. The number of hydrogen-bond acceptors (Lipinski definition) is 1. The number of fused-ring (bicyclic) bond motifs is 2. The molecule has 2 aliphatic carbocycles. The molecule has 210 valence electrons. The van der Waals surface area contributed by atoms with E-state index in [9.17, 15) is 0 Å². The zero-order valence-corrected chi connectivity index (χ0v) is 25.4. The fourth-order valence-corrected chi connectivity index (χ4v) is 7.86. The van der Waals surface area contributed by atoms with Crippen LogP contribution in [0, 0.1) is 39.5 Å². The lowest BCUT2D eigenvalue weighted by Crippen LogP contribution is -2.11. The van der Waals surface area contributed by atoms with Gasteiger partial charge in [-0.1, -0.05) is 101 Å². The molecule has 5 aromatic carbocycles. The Bertz CT molecular complexity index is 1570. The summed E-state index contributed by atoms with van der Waals surface area (Å²) in [5, 5.41) is 0. The lowest BCUT2D eigenvalue weighted by atomic mass is 9.83. The zero-order chi connectivity index (χ0) is 28.8. The molecule has 42 heavy (non-hydrogen) atoms. The highest BCUT2D eigenvalue weighted by molar-refractivity contribution is 5.80. The molecule has 0 spiro atoms. The molecule has 0 amide bonds. The summed E-state index contributed by atoms with van der Waals surface area (Å²) >= 11 is 0. The van der Waals surface area contributed by atoms with Crippen molar-refractivity contribution in [2.24, 2.45) is 11.8 Å². The molecular formula is C41H41N. The van der Waals surface area contributed by atoms with Crippen molar-refractivity contribution in [1.29, 1.82) is 0 Å². The second-order valence-corrected chi connectivity index (χ2v) is 13.1. The highest BCUT2D eigenvalue weighted by Gasteiger charge is 2.40. The van der Waals surface area contributed by atoms with Crippen LogP contribution in [0.2, 0.25) is 0 Å². The molecule has 0 aliphatic heterocycles. The van der Waals surface area contributed by atoms with E-state index in [1.54, 1.807) is 0 Å². The predicted octanol–water partition coefficient (Wildman–Crippen LogP) is 11.6. The van der Waals surface area contributed by atoms with Crippen LogP contribution < -0.4 is 4.90 Å². The van der Waals surface area contributed by atoms with Crippen molar-refractivity contribution in [1.82, 2.24) is 0 Å². The number of benzene rings is 5. The summed E-state index contributed by atoms with van der Waals surface area (Å²) in [4.78, 5) is 2.40. The van der Waals surface area contributed by atoms with Gasteiger partial charge in [0.05, 0.1) is 0 Å². The zero-order valence-electron chi connectivity index (χ0n) is 25.4. The molecule has 0 aromatic heterocycles. The first-order chi connectivity index (χ1) is 20.4. The summed E-state index contributed by atoms with van der Waals surface area (Å²) in [6.07, 6.45) is 5.69. The molecule has 0 heterocycles. The SMILES string of the molecule is Cc1cc(C)cc(-c2ccc(N(c3ccc(-c4cc(C)cc(C)c4)cc3)c3ccc(C4CC5CCC4C5)cc3)cc2)c1. The summed E-state index contributed by atoms with van der Waals surface area (Å²) in [6.45, 7) is 8.70. The molecule has 7 rings (SSSR count). The first-order valence-corrected chi connectivity index (χ1v) is 15.7. The minimum Gasteiger partial charge on any atom is -0.311 e. The second kappa shape index (κ2) is 11.0. The van der Waals surface area contributed by atoms with E-state index in [0.29, 0.717) is 0 Å². The van der Waals surface area contributed by atoms with Crippen LogP contribution in [-0.4, -0.2) is 0 Å². The monoisotopic (exact) mass is 547 g/mol. The molecule has 1 heteroatoms. The van der Waals surface area contributed by atoms with Gasteiger partial charge < -0.3 is 4.90 Å². The lowest BCUT2D eigenvalue weighted by molar-refractivity contribution is 0.420. The Hall–Kier alpha value is -4.10. The molecule has 1 nitrogen and oxygen atoms in total. The smallest absolute Gasteiger partial charge is 0.0462 e. The maximum absolute atomic E-state index is 2.40. The molecule has 0 N–H and O–H groups in total. The number of aryl methyl sites for hydroxylation is 4. The number of hydrogen-bond donors (Lipinski definition) is 0. The molecule has 0 radical (unpaired) electrons. The van der Waals surface area contributed by atoms with Gasteiger partial charge in [-0.25, -0.2) is 0 Å². The van der Waals surface area contributed by atoms with E-state index in [0.717, 1.165) is 17.8 Å². The Morgan fingerprint density at radius 1 is 0.452 bits per heavy atom. The van der Waals surface area contributed by atoms with Gasteiger partial charge in [0, 0.05) is 17.1 Å². The van der Waals surface area contributed by atoms with Crippen molar-refractivity contribution in [3.8, 4) is 22.3 Å². The van der Waals surface area contributed by atoms with Crippen LogP contribution in [0.4, 0.5) is 17.1 Å². The number of anilines is 3. The maximum Gasteiger partial charge on any atom is 0.0462 e. The van der Waals surface area contributed by atoms with Crippen LogP contribution in [0.3, 0.4) is 0 Å². The molecule has 0 saturated heterocycles. The van der Waals surface area contributed by atoms with Gasteiger partial charge in [-0.3, -0.25) is 0 Å². The number of nitrogens with zero attached hydrogens (tertiary/aromatic N) is 1. The van der Waals surface area contributed by atoms with Crippen LogP contribution >= 0.6 is 0 Å². The summed E-state index contributed by atoms with van der Waals surface area (Å²) in [7, 11) is 0. The van der Waals surface area contributed by atoms with E-state index in [2.05, 4.69) is 142 Å². The third-order valence-corrected chi connectivity index (χ3v) is 9.68. The van der Waals surface area contributed by atoms with Crippen LogP contribution in [0.25, 0.3) is 22.3 Å². The van der Waals surface area contributed by atoms with E-state index in [-0.39, 0.29) is 0 Å². The summed E-state index contributed by atoms with van der Waals surface area (Å²) in [5.41, 5.74) is 15.4. The Balaban J connectivity index is 1.24. The Morgan fingerprint density at radius 3 is 1.26 bits per heavy atom. The second-order valence-electron chi connectivity index (χ2n) is 13.1. The molecule has 2 fully saturated rings. The first kappa shape index (κ1) is 26.8. The van der Waals surface area contributed by atoms with Gasteiger partial charge in [-0.2, -0.15) is 0 Å².